The van der Waals surface area contributed by atoms with E-state index in [1.54, 1.807) is 0 Å². The molecule has 0 radical (unpaired) electrons. The SMILES string of the molecule is COCn1c(=S)[nH]c(=O)n(C)c1=O. The molecule has 1 rings (SSSR count). The zero-order valence-corrected chi connectivity index (χ0v) is 8.05. The van der Waals surface area contributed by atoms with E-state index in [0.717, 1.165) is 9.13 Å². The van der Waals surface area contributed by atoms with E-state index in [2.05, 4.69) is 4.98 Å². The van der Waals surface area contributed by atoms with Crippen molar-refractivity contribution in [2.24, 2.45) is 7.05 Å². The smallest absolute Gasteiger partial charge is 0.336 e. The van der Waals surface area contributed by atoms with Gasteiger partial charge in [0.05, 0.1) is 0 Å². The monoisotopic (exact) mass is 203 g/mol. The van der Waals surface area contributed by atoms with Crippen LogP contribution in [-0.2, 0) is 18.5 Å². The maximum Gasteiger partial charge on any atom is 0.336 e. The van der Waals surface area contributed by atoms with Gasteiger partial charge in [0, 0.05) is 14.2 Å². The van der Waals surface area contributed by atoms with Crippen LogP contribution in [0.5, 0.6) is 0 Å². The van der Waals surface area contributed by atoms with E-state index in [9.17, 15) is 9.59 Å². The summed E-state index contributed by atoms with van der Waals surface area (Å²) < 4.78 is 6.89. The highest BCUT2D eigenvalue weighted by molar-refractivity contribution is 7.71. The van der Waals surface area contributed by atoms with Gasteiger partial charge in [0.15, 0.2) is 4.77 Å². The number of nitrogens with one attached hydrogen (secondary N) is 1. The van der Waals surface area contributed by atoms with E-state index in [1.807, 2.05) is 0 Å². The summed E-state index contributed by atoms with van der Waals surface area (Å²) in [4.78, 5) is 24.7. The van der Waals surface area contributed by atoms with Gasteiger partial charge in [-0.2, -0.15) is 0 Å². The van der Waals surface area contributed by atoms with Crippen LogP contribution in [0.3, 0.4) is 0 Å². The van der Waals surface area contributed by atoms with Crippen LogP contribution >= 0.6 is 12.2 Å². The van der Waals surface area contributed by atoms with Gasteiger partial charge in [-0.15, -0.1) is 0 Å². The Morgan fingerprint density at radius 1 is 1.54 bits per heavy atom. The number of ether oxygens (including phenoxy) is 1. The maximum absolute atomic E-state index is 11.4. The molecule has 1 N–H and O–H groups in total. The number of methoxy groups -OCH3 is 1. The van der Waals surface area contributed by atoms with Crippen molar-refractivity contribution in [3.05, 3.63) is 25.7 Å². The second kappa shape index (κ2) is 3.67. The van der Waals surface area contributed by atoms with Crippen molar-refractivity contribution >= 4 is 12.2 Å². The zero-order valence-electron chi connectivity index (χ0n) is 7.23. The summed E-state index contributed by atoms with van der Waals surface area (Å²) in [5.74, 6) is 0. The lowest BCUT2D eigenvalue weighted by Crippen LogP contribution is -2.40. The molecule has 0 saturated carbocycles. The van der Waals surface area contributed by atoms with Gasteiger partial charge in [-0.25, -0.2) is 18.7 Å². The summed E-state index contributed by atoms with van der Waals surface area (Å²) in [6.07, 6.45) is 0. The van der Waals surface area contributed by atoms with Gasteiger partial charge in [-0.3, -0.25) is 4.98 Å². The summed E-state index contributed by atoms with van der Waals surface area (Å²) in [5.41, 5.74) is -1.02. The third kappa shape index (κ3) is 1.76. The molecule has 0 aliphatic carbocycles. The predicted octanol–water partition coefficient (Wildman–Crippen LogP) is -0.792. The first kappa shape index (κ1) is 9.87. The van der Waals surface area contributed by atoms with Crippen molar-refractivity contribution in [2.75, 3.05) is 7.11 Å². The summed E-state index contributed by atoms with van der Waals surface area (Å²) in [6, 6.07) is 0. The molecule has 72 valence electrons. The number of hydrogen-bond acceptors (Lipinski definition) is 4. The first-order valence-electron chi connectivity index (χ1n) is 3.47. The Morgan fingerprint density at radius 3 is 2.69 bits per heavy atom. The van der Waals surface area contributed by atoms with Crippen molar-refractivity contribution in [3.63, 3.8) is 0 Å². The van der Waals surface area contributed by atoms with Crippen LogP contribution in [0.2, 0.25) is 0 Å². The predicted molar refractivity (Wildman–Crippen MR) is 48.1 cm³/mol. The quantitative estimate of drug-likeness (QED) is 0.639. The molecule has 0 aliphatic heterocycles. The van der Waals surface area contributed by atoms with Crippen molar-refractivity contribution in [1.82, 2.24) is 14.1 Å². The summed E-state index contributed by atoms with van der Waals surface area (Å²) in [5, 5.41) is 0. The number of aromatic nitrogens is 3. The summed E-state index contributed by atoms with van der Waals surface area (Å²) in [7, 11) is 2.80. The fourth-order valence-electron chi connectivity index (χ4n) is 0.841. The van der Waals surface area contributed by atoms with Crippen LogP contribution in [0.4, 0.5) is 0 Å². The Balaban J connectivity index is 3.54. The lowest BCUT2D eigenvalue weighted by Gasteiger charge is -2.04. The Morgan fingerprint density at radius 2 is 2.15 bits per heavy atom. The zero-order chi connectivity index (χ0) is 10.0. The average molecular weight is 203 g/mol. The fourth-order valence-corrected chi connectivity index (χ4v) is 1.06. The molecule has 6 nitrogen and oxygen atoms in total. The Hall–Kier alpha value is -1.21. The van der Waals surface area contributed by atoms with Crippen LogP contribution in [-0.4, -0.2) is 21.2 Å². The molecule has 0 spiro atoms. The number of H-pyrrole nitrogens is 1. The molecule has 1 aromatic heterocycles. The van der Waals surface area contributed by atoms with Gasteiger partial charge in [-0.1, -0.05) is 0 Å². The van der Waals surface area contributed by atoms with E-state index in [4.69, 9.17) is 17.0 Å². The Bertz CT molecular complexity index is 469. The lowest BCUT2D eigenvalue weighted by molar-refractivity contribution is 0.123. The summed E-state index contributed by atoms with van der Waals surface area (Å²) in [6.45, 7) is 0.0300. The number of hydrogen-bond donors (Lipinski definition) is 1. The molecule has 0 atom stereocenters. The van der Waals surface area contributed by atoms with Gasteiger partial charge >= 0.3 is 11.4 Å². The number of nitrogens with zero attached hydrogens (tertiary/aromatic N) is 2. The molecule has 1 heterocycles. The third-order valence-electron chi connectivity index (χ3n) is 1.54. The second-order valence-corrected chi connectivity index (χ2v) is 2.81. The van der Waals surface area contributed by atoms with Crippen LogP contribution in [0.1, 0.15) is 0 Å². The molecular weight excluding hydrogens is 194 g/mol. The highest BCUT2D eigenvalue weighted by Gasteiger charge is 2.02. The largest absolute Gasteiger partial charge is 0.364 e. The molecule has 7 heteroatoms. The topological polar surface area (TPSA) is 69.0 Å². The average Bonchev–Trinajstić information content (AvgIpc) is 2.09. The molecule has 1 aromatic rings. The molecular formula is C6H9N3O3S. The molecule has 0 aliphatic rings. The fraction of sp³-hybridized carbons (Fsp3) is 0.500. The van der Waals surface area contributed by atoms with E-state index in [0.29, 0.717) is 0 Å². The Labute approximate surface area is 78.4 Å². The maximum atomic E-state index is 11.4. The number of aromatic amines is 1. The van der Waals surface area contributed by atoms with E-state index >= 15 is 0 Å². The summed E-state index contributed by atoms with van der Waals surface area (Å²) >= 11 is 4.77. The van der Waals surface area contributed by atoms with Crippen molar-refractivity contribution in [2.45, 2.75) is 6.73 Å². The van der Waals surface area contributed by atoms with Gasteiger partial charge < -0.3 is 4.74 Å². The third-order valence-corrected chi connectivity index (χ3v) is 1.86. The van der Waals surface area contributed by atoms with Gasteiger partial charge in [-0.05, 0) is 12.2 Å². The van der Waals surface area contributed by atoms with Crippen LogP contribution in [0.15, 0.2) is 9.59 Å². The molecule has 0 unspecified atom stereocenters. The minimum atomic E-state index is -0.526. The van der Waals surface area contributed by atoms with Gasteiger partial charge in [0.1, 0.15) is 6.73 Å². The molecule has 0 bridgehead atoms. The minimum Gasteiger partial charge on any atom is -0.364 e. The molecule has 0 aromatic carbocycles. The molecule has 0 amide bonds. The van der Waals surface area contributed by atoms with E-state index in [-0.39, 0.29) is 11.5 Å². The van der Waals surface area contributed by atoms with E-state index in [1.165, 1.54) is 14.2 Å². The van der Waals surface area contributed by atoms with Crippen molar-refractivity contribution in [3.8, 4) is 0 Å². The highest BCUT2D eigenvalue weighted by atomic mass is 32.1. The normalized spacial score (nSPS) is 10.3. The highest BCUT2D eigenvalue weighted by Crippen LogP contribution is 1.80. The molecule has 0 fully saturated rings. The first-order chi connectivity index (χ1) is 6.07. The standard InChI is InChI=1S/C6H9N3O3S/c1-8-4(10)7-5(13)9(3-12-2)6(8)11/h3H2,1-2H3,(H,7,10,13). The van der Waals surface area contributed by atoms with Gasteiger partial charge in [0.25, 0.3) is 0 Å². The van der Waals surface area contributed by atoms with Crippen LogP contribution in [0.25, 0.3) is 0 Å². The van der Waals surface area contributed by atoms with Gasteiger partial charge in [0.2, 0.25) is 0 Å². The van der Waals surface area contributed by atoms with Crippen molar-refractivity contribution in [1.29, 1.82) is 0 Å². The molecule has 13 heavy (non-hydrogen) atoms. The number of rotatable bonds is 2. The van der Waals surface area contributed by atoms with Crippen LogP contribution in [0, 0.1) is 4.77 Å². The van der Waals surface area contributed by atoms with E-state index < -0.39 is 11.4 Å². The minimum absolute atomic E-state index is 0.0300. The first-order valence-corrected chi connectivity index (χ1v) is 3.88. The van der Waals surface area contributed by atoms with Crippen LogP contribution < -0.4 is 11.4 Å². The second-order valence-electron chi connectivity index (χ2n) is 2.42. The van der Waals surface area contributed by atoms with Crippen molar-refractivity contribution < 1.29 is 4.74 Å². The lowest BCUT2D eigenvalue weighted by atomic mass is 10.8. The Kier molecular flexibility index (Phi) is 2.79. The molecule has 0 saturated heterocycles.